The summed E-state index contributed by atoms with van der Waals surface area (Å²) in [6, 6.07) is 9.59. The highest BCUT2D eigenvalue weighted by Crippen LogP contribution is 2.31. The largest absolute Gasteiger partial charge is 0.486 e. The van der Waals surface area contributed by atoms with Gasteiger partial charge in [0.25, 0.3) is 5.91 Å². The van der Waals surface area contributed by atoms with Gasteiger partial charge in [-0.15, -0.1) is 0 Å². The first kappa shape index (κ1) is 17.0. The Morgan fingerprint density at radius 1 is 1.19 bits per heavy atom. The summed E-state index contributed by atoms with van der Waals surface area (Å²) in [4.78, 5) is 14.5. The average Bonchev–Trinajstić information content (AvgIpc) is 3.21. The maximum Gasteiger partial charge on any atom is 0.286 e. The second-order valence-corrected chi connectivity index (χ2v) is 6.91. The van der Waals surface area contributed by atoms with Crippen molar-refractivity contribution in [3.8, 4) is 11.5 Å². The predicted molar refractivity (Wildman–Crippen MR) is 96.5 cm³/mol. The van der Waals surface area contributed by atoms with Gasteiger partial charge in [0.15, 0.2) is 17.3 Å². The molecular weight excluding hydrogens is 332 g/mol. The van der Waals surface area contributed by atoms with E-state index in [1.807, 2.05) is 6.07 Å². The summed E-state index contributed by atoms with van der Waals surface area (Å²) in [5, 5.41) is 2.98. The number of nitrogens with one attached hydrogen (secondary N) is 1. The molecular formula is C20H24N2O4. The monoisotopic (exact) mass is 356 g/mol. The third-order valence-corrected chi connectivity index (χ3v) is 4.91. The Labute approximate surface area is 153 Å². The highest BCUT2D eigenvalue weighted by molar-refractivity contribution is 5.91. The molecule has 4 rings (SSSR count). The van der Waals surface area contributed by atoms with E-state index in [0.717, 1.165) is 44.0 Å². The zero-order chi connectivity index (χ0) is 17.8. The molecule has 0 aliphatic carbocycles. The number of fused-ring (bicyclic) bond motifs is 1. The summed E-state index contributed by atoms with van der Waals surface area (Å²) >= 11 is 0. The predicted octanol–water partition coefficient (Wildman–Crippen LogP) is 2.69. The molecule has 1 fully saturated rings. The fraction of sp³-hybridized carbons (Fsp3) is 0.450. The first-order valence-corrected chi connectivity index (χ1v) is 9.20. The van der Waals surface area contributed by atoms with Crippen LogP contribution in [0.25, 0.3) is 0 Å². The molecule has 0 unspecified atom stereocenters. The normalized spacial score (nSPS) is 19.9. The molecule has 0 radical (unpaired) electrons. The summed E-state index contributed by atoms with van der Waals surface area (Å²) in [6.45, 7) is 4.85. The lowest BCUT2D eigenvalue weighted by atomic mass is 9.97. The van der Waals surface area contributed by atoms with Gasteiger partial charge < -0.3 is 19.2 Å². The zero-order valence-corrected chi connectivity index (χ0v) is 14.8. The summed E-state index contributed by atoms with van der Waals surface area (Å²) in [5.74, 6) is 2.36. The molecule has 0 bridgehead atoms. The minimum Gasteiger partial charge on any atom is -0.486 e. The number of ether oxygens (including phenoxy) is 2. The topological polar surface area (TPSA) is 63.9 Å². The summed E-state index contributed by atoms with van der Waals surface area (Å²) in [6.07, 6.45) is 3.80. The van der Waals surface area contributed by atoms with Crippen LogP contribution >= 0.6 is 0 Å². The Kier molecular flexibility index (Phi) is 5.11. The van der Waals surface area contributed by atoms with Crippen molar-refractivity contribution in [3.63, 3.8) is 0 Å². The van der Waals surface area contributed by atoms with Gasteiger partial charge in [-0.05, 0) is 55.1 Å². The third-order valence-electron chi connectivity index (χ3n) is 4.91. The fourth-order valence-electron chi connectivity index (χ4n) is 3.64. The van der Waals surface area contributed by atoms with Crippen molar-refractivity contribution in [2.75, 3.05) is 32.8 Å². The molecule has 1 atom stereocenters. The van der Waals surface area contributed by atoms with Gasteiger partial charge in [-0.25, -0.2) is 0 Å². The molecule has 1 amide bonds. The van der Waals surface area contributed by atoms with Crippen LogP contribution < -0.4 is 14.8 Å². The van der Waals surface area contributed by atoms with Crippen molar-refractivity contribution in [3.05, 3.63) is 47.9 Å². The number of nitrogens with zero attached hydrogens (tertiary/aromatic N) is 1. The number of hydrogen-bond donors (Lipinski definition) is 1. The molecule has 0 saturated carbocycles. The lowest BCUT2D eigenvalue weighted by molar-refractivity contribution is 0.0903. The van der Waals surface area contributed by atoms with E-state index in [4.69, 9.17) is 13.9 Å². The van der Waals surface area contributed by atoms with Gasteiger partial charge in [0.05, 0.1) is 6.26 Å². The molecule has 138 valence electrons. The molecule has 26 heavy (non-hydrogen) atoms. The van der Waals surface area contributed by atoms with Crippen LogP contribution in [0.1, 0.15) is 29.0 Å². The van der Waals surface area contributed by atoms with E-state index in [0.29, 0.717) is 31.4 Å². The van der Waals surface area contributed by atoms with Gasteiger partial charge in [0, 0.05) is 19.6 Å². The van der Waals surface area contributed by atoms with E-state index >= 15 is 0 Å². The number of amides is 1. The molecule has 6 heteroatoms. The van der Waals surface area contributed by atoms with Gasteiger partial charge in [-0.2, -0.15) is 0 Å². The first-order chi connectivity index (χ1) is 12.8. The molecule has 6 nitrogen and oxygen atoms in total. The molecule has 1 aromatic heterocycles. The number of carbonyl (C=O) groups is 1. The van der Waals surface area contributed by atoms with Crippen LogP contribution in [-0.2, 0) is 6.54 Å². The molecule has 3 heterocycles. The highest BCUT2D eigenvalue weighted by Gasteiger charge is 2.22. The number of furan rings is 1. The third kappa shape index (κ3) is 4.02. The van der Waals surface area contributed by atoms with E-state index in [1.165, 1.54) is 11.8 Å². The number of rotatable bonds is 5. The highest BCUT2D eigenvalue weighted by atomic mass is 16.6. The van der Waals surface area contributed by atoms with Crippen LogP contribution in [0.4, 0.5) is 0 Å². The number of likely N-dealkylation sites (tertiary alicyclic amines) is 1. The van der Waals surface area contributed by atoms with Gasteiger partial charge in [-0.1, -0.05) is 6.07 Å². The lowest BCUT2D eigenvalue weighted by Gasteiger charge is -2.33. The standard InChI is InChI=1S/C20H24N2O4/c23-20(18-4-2-8-24-18)21-12-16-3-1-7-22(14-16)13-15-5-6-17-19(11-15)26-10-9-25-17/h2,4-6,8,11,16H,1,3,7,9-10,12-14H2,(H,21,23)/t16-/m1/s1. The Bertz CT molecular complexity index is 744. The Morgan fingerprint density at radius 3 is 2.92 bits per heavy atom. The fourth-order valence-corrected chi connectivity index (χ4v) is 3.64. The smallest absolute Gasteiger partial charge is 0.286 e. The van der Waals surface area contributed by atoms with Crippen molar-refractivity contribution in [1.82, 2.24) is 10.2 Å². The molecule has 1 aromatic carbocycles. The lowest BCUT2D eigenvalue weighted by Crippen LogP contribution is -2.40. The molecule has 1 N–H and O–H groups in total. The molecule has 1 saturated heterocycles. The van der Waals surface area contributed by atoms with Crippen molar-refractivity contribution in [1.29, 1.82) is 0 Å². The van der Waals surface area contributed by atoms with Gasteiger partial charge in [0.2, 0.25) is 0 Å². The number of carbonyl (C=O) groups excluding carboxylic acids is 1. The average molecular weight is 356 g/mol. The van der Waals surface area contributed by atoms with E-state index in [9.17, 15) is 4.79 Å². The summed E-state index contributed by atoms with van der Waals surface area (Å²) in [5.41, 5.74) is 1.23. The number of hydrogen-bond acceptors (Lipinski definition) is 5. The maximum absolute atomic E-state index is 12.0. The quantitative estimate of drug-likeness (QED) is 0.892. The van der Waals surface area contributed by atoms with Gasteiger partial charge in [-0.3, -0.25) is 9.69 Å². The van der Waals surface area contributed by atoms with Gasteiger partial charge >= 0.3 is 0 Å². The van der Waals surface area contributed by atoms with E-state index < -0.39 is 0 Å². The number of benzene rings is 1. The Morgan fingerprint density at radius 2 is 2.08 bits per heavy atom. The minimum absolute atomic E-state index is 0.140. The van der Waals surface area contributed by atoms with E-state index in [1.54, 1.807) is 12.1 Å². The SMILES string of the molecule is O=C(NC[C@H]1CCCN(Cc2ccc3c(c2)OCCO3)C1)c1ccco1. The zero-order valence-electron chi connectivity index (χ0n) is 14.8. The van der Waals surface area contributed by atoms with Crippen molar-refractivity contribution >= 4 is 5.91 Å². The van der Waals surface area contributed by atoms with Crippen LogP contribution in [0, 0.1) is 5.92 Å². The summed E-state index contributed by atoms with van der Waals surface area (Å²) < 4.78 is 16.4. The summed E-state index contributed by atoms with van der Waals surface area (Å²) in [7, 11) is 0. The molecule has 2 aliphatic rings. The van der Waals surface area contributed by atoms with Crippen LogP contribution in [0.2, 0.25) is 0 Å². The second kappa shape index (κ2) is 7.83. The Hall–Kier alpha value is -2.47. The molecule has 2 aromatic rings. The van der Waals surface area contributed by atoms with Crippen LogP contribution in [-0.4, -0.2) is 43.7 Å². The minimum atomic E-state index is -0.140. The Balaban J connectivity index is 1.30. The molecule has 0 spiro atoms. The molecule has 2 aliphatic heterocycles. The van der Waals surface area contributed by atoms with Crippen LogP contribution in [0.5, 0.6) is 11.5 Å². The van der Waals surface area contributed by atoms with Crippen molar-refractivity contribution in [2.45, 2.75) is 19.4 Å². The van der Waals surface area contributed by atoms with E-state index in [-0.39, 0.29) is 5.91 Å². The van der Waals surface area contributed by atoms with Crippen LogP contribution in [0.15, 0.2) is 41.0 Å². The maximum atomic E-state index is 12.0. The van der Waals surface area contributed by atoms with Crippen molar-refractivity contribution < 1.29 is 18.7 Å². The van der Waals surface area contributed by atoms with Gasteiger partial charge in [0.1, 0.15) is 13.2 Å². The second-order valence-electron chi connectivity index (χ2n) is 6.91. The first-order valence-electron chi connectivity index (χ1n) is 9.20. The van der Waals surface area contributed by atoms with E-state index in [2.05, 4.69) is 22.3 Å². The number of piperidine rings is 1. The van der Waals surface area contributed by atoms with Crippen LogP contribution in [0.3, 0.4) is 0 Å². The van der Waals surface area contributed by atoms with Crippen molar-refractivity contribution in [2.24, 2.45) is 5.92 Å².